The predicted molar refractivity (Wildman–Crippen MR) is 113 cm³/mol. The summed E-state index contributed by atoms with van der Waals surface area (Å²) < 4.78 is 0. The lowest BCUT2D eigenvalue weighted by Crippen LogP contribution is -2.13. The van der Waals surface area contributed by atoms with E-state index in [9.17, 15) is 0 Å². The van der Waals surface area contributed by atoms with Gasteiger partial charge >= 0.3 is 0 Å². The molecule has 0 aliphatic heterocycles. The van der Waals surface area contributed by atoms with Crippen LogP contribution in [0.2, 0.25) is 10.0 Å². The van der Waals surface area contributed by atoms with Gasteiger partial charge in [-0.15, -0.1) is 0 Å². The van der Waals surface area contributed by atoms with Crippen molar-refractivity contribution in [3.8, 4) is 0 Å². The monoisotopic (exact) mass is 422 g/mol. The van der Waals surface area contributed by atoms with Gasteiger partial charge in [-0.3, -0.25) is 9.97 Å². The number of aryl methyl sites for hydroxylation is 1. The van der Waals surface area contributed by atoms with Crippen molar-refractivity contribution in [1.29, 1.82) is 0 Å². The van der Waals surface area contributed by atoms with Crippen molar-refractivity contribution in [2.45, 2.75) is 33.6 Å². The number of nitrogens with zero attached hydrogens (tertiary/aromatic N) is 4. The van der Waals surface area contributed by atoms with E-state index in [1.54, 1.807) is 12.3 Å². The zero-order valence-corrected chi connectivity index (χ0v) is 18.0. The van der Waals surface area contributed by atoms with Crippen molar-refractivity contribution < 1.29 is 9.68 Å². The third kappa shape index (κ3) is 6.46. The van der Waals surface area contributed by atoms with Crippen LogP contribution in [0.25, 0.3) is 0 Å². The van der Waals surface area contributed by atoms with E-state index in [0.29, 0.717) is 28.1 Å². The SMILES string of the molecule is CO/N=C(\C)c1cccc(CCCO/N=C(/c2ncc(Cl)cc2Cl)C(C)C)n1. The van der Waals surface area contributed by atoms with Gasteiger partial charge in [0.05, 0.1) is 15.7 Å². The van der Waals surface area contributed by atoms with Crippen LogP contribution in [0.15, 0.2) is 40.8 Å². The first-order valence-corrected chi connectivity index (χ1v) is 9.73. The summed E-state index contributed by atoms with van der Waals surface area (Å²) in [5.41, 5.74) is 3.77. The Hall–Kier alpha value is -2.18. The number of pyridine rings is 2. The largest absolute Gasteiger partial charge is 0.399 e. The Balaban J connectivity index is 1.95. The highest BCUT2D eigenvalue weighted by atomic mass is 35.5. The topological polar surface area (TPSA) is 69.0 Å². The van der Waals surface area contributed by atoms with Crippen molar-refractivity contribution in [2.75, 3.05) is 13.7 Å². The molecule has 0 saturated carbocycles. The van der Waals surface area contributed by atoms with Crippen LogP contribution in [-0.4, -0.2) is 35.1 Å². The molecule has 0 aliphatic carbocycles. The summed E-state index contributed by atoms with van der Waals surface area (Å²) in [5.74, 6) is 0.104. The molecule has 2 aromatic heterocycles. The predicted octanol–water partition coefficient (Wildman–Crippen LogP) is 5.16. The highest BCUT2D eigenvalue weighted by molar-refractivity contribution is 6.36. The van der Waals surface area contributed by atoms with Crippen LogP contribution in [-0.2, 0) is 16.1 Å². The Morgan fingerprint density at radius 2 is 2.00 bits per heavy atom. The fourth-order valence-electron chi connectivity index (χ4n) is 2.46. The lowest BCUT2D eigenvalue weighted by molar-refractivity contribution is 0.140. The summed E-state index contributed by atoms with van der Waals surface area (Å²) in [7, 11) is 1.52. The van der Waals surface area contributed by atoms with E-state index in [0.717, 1.165) is 29.9 Å². The van der Waals surface area contributed by atoms with Crippen LogP contribution in [0.4, 0.5) is 0 Å². The molecule has 0 atom stereocenters. The molecular formula is C20H24Cl2N4O2. The summed E-state index contributed by atoms with van der Waals surface area (Å²) in [6.07, 6.45) is 3.09. The summed E-state index contributed by atoms with van der Waals surface area (Å²) >= 11 is 12.2. The molecule has 0 aromatic carbocycles. The molecule has 0 spiro atoms. The lowest BCUT2D eigenvalue weighted by Gasteiger charge is -2.11. The number of hydrogen-bond acceptors (Lipinski definition) is 6. The average Bonchev–Trinajstić information content (AvgIpc) is 2.65. The van der Waals surface area contributed by atoms with Crippen molar-refractivity contribution in [3.63, 3.8) is 0 Å². The Kier molecular flexibility index (Phi) is 8.67. The highest BCUT2D eigenvalue weighted by Crippen LogP contribution is 2.21. The highest BCUT2D eigenvalue weighted by Gasteiger charge is 2.15. The molecule has 2 aromatic rings. The Bertz CT molecular complexity index is 854. The Morgan fingerprint density at radius 3 is 2.68 bits per heavy atom. The smallest absolute Gasteiger partial charge is 0.117 e. The van der Waals surface area contributed by atoms with Gasteiger partial charge in [0.1, 0.15) is 30.8 Å². The molecule has 0 unspecified atom stereocenters. The summed E-state index contributed by atoms with van der Waals surface area (Å²) in [4.78, 5) is 19.2. The second kappa shape index (κ2) is 11.0. The van der Waals surface area contributed by atoms with Gasteiger partial charge in [0.15, 0.2) is 0 Å². The van der Waals surface area contributed by atoms with Crippen LogP contribution in [0, 0.1) is 5.92 Å². The summed E-state index contributed by atoms with van der Waals surface area (Å²) in [6.45, 7) is 6.33. The Morgan fingerprint density at radius 1 is 1.21 bits per heavy atom. The minimum atomic E-state index is 0.104. The molecule has 0 fully saturated rings. The molecule has 28 heavy (non-hydrogen) atoms. The summed E-state index contributed by atoms with van der Waals surface area (Å²) in [5, 5.41) is 9.11. The molecule has 0 aliphatic rings. The minimum Gasteiger partial charge on any atom is -0.399 e. The zero-order valence-electron chi connectivity index (χ0n) is 16.4. The van der Waals surface area contributed by atoms with Crippen LogP contribution in [0.1, 0.15) is 44.3 Å². The van der Waals surface area contributed by atoms with Gasteiger partial charge in [0.2, 0.25) is 0 Å². The molecule has 0 saturated heterocycles. The molecule has 0 amide bonds. The molecule has 0 bridgehead atoms. The molecule has 0 radical (unpaired) electrons. The van der Waals surface area contributed by atoms with Gasteiger partial charge in [-0.2, -0.15) is 0 Å². The van der Waals surface area contributed by atoms with Crippen LogP contribution in [0.3, 0.4) is 0 Å². The van der Waals surface area contributed by atoms with Gasteiger partial charge in [-0.25, -0.2) is 0 Å². The standard InChI is InChI=1S/C20H24Cl2N4O2/c1-13(2)19(20-17(22)11-15(21)12-23-20)26-28-10-6-8-16-7-5-9-18(24-16)14(3)25-27-4/h5,7,9,11-13H,6,8,10H2,1-4H3/b25-14+,26-19+. The number of oxime groups is 2. The van der Waals surface area contributed by atoms with E-state index >= 15 is 0 Å². The maximum atomic E-state index is 6.24. The zero-order chi connectivity index (χ0) is 20.5. The van der Waals surface area contributed by atoms with E-state index < -0.39 is 0 Å². The van der Waals surface area contributed by atoms with Gasteiger partial charge in [-0.1, -0.05) is 53.4 Å². The van der Waals surface area contributed by atoms with Crippen molar-refractivity contribution in [3.05, 3.63) is 57.6 Å². The van der Waals surface area contributed by atoms with Crippen molar-refractivity contribution >= 4 is 34.6 Å². The number of hydrogen-bond donors (Lipinski definition) is 0. The van der Waals surface area contributed by atoms with E-state index in [1.165, 1.54) is 7.11 Å². The number of halogens is 2. The molecule has 6 nitrogen and oxygen atoms in total. The van der Waals surface area contributed by atoms with Gasteiger partial charge in [0.25, 0.3) is 0 Å². The maximum absolute atomic E-state index is 6.24. The van der Waals surface area contributed by atoms with Gasteiger partial charge in [-0.05, 0) is 38.0 Å². The van der Waals surface area contributed by atoms with Crippen molar-refractivity contribution in [2.24, 2.45) is 16.2 Å². The fourth-order valence-corrected chi connectivity index (χ4v) is 2.94. The van der Waals surface area contributed by atoms with Crippen LogP contribution >= 0.6 is 23.2 Å². The molecule has 2 heterocycles. The maximum Gasteiger partial charge on any atom is 0.117 e. The third-order valence-corrected chi connectivity index (χ3v) is 4.33. The second-order valence-corrected chi connectivity index (χ2v) is 7.27. The normalized spacial score (nSPS) is 12.4. The van der Waals surface area contributed by atoms with E-state index in [2.05, 4.69) is 20.3 Å². The quantitative estimate of drug-likeness (QED) is 0.317. The first kappa shape index (κ1) is 22.1. The fraction of sp³-hybridized carbons (Fsp3) is 0.400. The van der Waals surface area contributed by atoms with Crippen LogP contribution < -0.4 is 0 Å². The van der Waals surface area contributed by atoms with Crippen LogP contribution in [0.5, 0.6) is 0 Å². The Labute approximate surface area is 175 Å². The summed E-state index contributed by atoms with van der Waals surface area (Å²) in [6, 6.07) is 7.48. The minimum absolute atomic E-state index is 0.104. The molecule has 8 heteroatoms. The second-order valence-electron chi connectivity index (χ2n) is 6.43. The van der Waals surface area contributed by atoms with E-state index in [4.69, 9.17) is 32.9 Å². The average molecular weight is 423 g/mol. The molecule has 2 rings (SSSR count). The first-order valence-electron chi connectivity index (χ1n) is 8.97. The van der Waals surface area contributed by atoms with E-state index in [-0.39, 0.29) is 5.92 Å². The van der Waals surface area contributed by atoms with Gasteiger partial charge < -0.3 is 9.68 Å². The molecule has 0 N–H and O–H groups in total. The number of aromatic nitrogens is 2. The van der Waals surface area contributed by atoms with Gasteiger partial charge in [0, 0.05) is 17.8 Å². The lowest BCUT2D eigenvalue weighted by atomic mass is 10.0. The number of rotatable bonds is 9. The molecule has 150 valence electrons. The third-order valence-electron chi connectivity index (χ3n) is 3.83. The molecular weight excluding hydrogens is 399 g/mol. The van der Waals surface area contributed by atoms with E-state index in [1.807, 2.05) is 39.0 Å². The van der Waals surface area contributed by atoms with Crippen molar-refractivity contribution in [1.82, 2.24) is 9.97 Å². The first-order chi connectivity index (χ1) is 13.4.